The summed E-state index contributed by atoms with van der Waals surface area (Å²) in [5.74, 6) is 1.32. The van der Waals surface area contributed by atoms with Crippen LogP contribution in [0.3, 0.4) is 0 Å². The van der Waals surface area contributed by atoms with Gasteiger partial charge in [0.25, 0.3) is 10.0 Å². The van der Waals surface area contributed by atoms with Gasteiger partial charge in [-0.25, -0.2) is 8.42 Å². The third-order valence-electron chi connectivity index (χ3n) is 3.39. The SMILES string of the molecule is COc1ccc(S(=O)(=O)N2CCSc3cc(Cl)ccc32)cc1. The highest BCUT2D eigenvalue weighted by atomic mass is 35.5. The van der Waals surface area contributed by atoms with Crippen molar-refractivity contribution in [3.8, 4) is 5.75 Å². The molecule has 7 heteroatoms. The molecule has 0 unspecified atom stereocenters. The van der Waals surface area contributed by atoms with Crippen LogP contribution in [0.2, 0.25) is 5.02 Å². The number of hydrogen-bond acceptors (Lipinski definition) is 4. The van der Waals surface area contributed by atoms with Gasteiger partial charge in [0.2, 0.25) is 0 Å². The van der Waals surface area contributed by atoms with Crippen LogP contribution in [0.15, 0.2) is 52.3 Å². The fraction of sp³-hybridized carbons (Fsp3) is 0.200. The van der Waals surface area contributed by atoms with E-state index in [2.05, 4.69) is 0 Å². The lowest BCUT2D eigenvalue weighted by molar-refractivity contribution is 0.414. The van der Waals surface area contributed by atoms with Crippen molar-refractivity contribution in [3.63, 3.8) is 0 Å². The van der Waals surface area contributed by atoms with Crippen molar-refractivity contribution in [1.82, 2.24) is 0 Å². The quantitative estimate of drug-likeness (QED) is 0.843. The number of fused-ring (bicyclic) bond motifs is 1. The van der Waals surface area contributed by atoms with Gasteiger partial charge in [-0.1, -0.05) is 11.6 Å². The van der Waals surface area contributed by atoms with Crippen LogP contribution in [-0.2, 0) is 10.0 Å². The molecule has 0 atom stereocenters. The number of sulfonamides is 1. The summed E-state index contributed by atoms with van der Waals surface area (Å²) >= 11 is 7.61. The molecule has 0 amide bonds. The Morgan fingerprint density at radius 1 is 1.18 bits per heavy atom. The van der Waals surface area contributed by atoms with Crippen molar-refractivity contribution in [3.05, 3.63) is 47.5 Å². The Labute approximate surface area is 139 Å². The molecule has 1 aliphatic rings. The van der Waals surface area contributed by atoms with E-state index in [-0.39, 0.29) is 4.90 Å². The standard InChI is InChI=1S/C15H14ClNO3S2/c1-20-12-3-5-13(6-4-12)22(18,19)17-8-9-21-15-10-11(16)2-7-14(15)17/h2-7,10H,8-9H2,1H3. The summed E-state index contributed by atoms with van der Waals surface area (Å²) in [5.41, 5.74) is 0.677. The number of halogens is 1. The lowest BCUT2D eigenvalue weighted by atomic mass is 10.3. The van der Waals surface area contributed by atoms with Crippen LogP contribution in [0.5, 0.6) is 5.75 Å². The zero-order valence-corrected chi connectivity index (χ0v) is 14.2. The molecule has 2 aromatic carbocycles. The first-order valence-corrected chi connectivity index (χ1v) is 9.42. The molecule has 0 aliphatic carbocycles. The van der Waals surface area contributed by atoms with E-state index in [1.165, 1.54) is 4.31 Å². The van der Waals surface area contributed by atoms with Crippen molar-refractivity contribution in [2.24, 2.45) is 0 Å². The molecule has 0 aromatic heterocycles. The maximum atomic E-state index is 12.9. The molecular formula is C15H14ClNO3S2. The number of thioether (sulfide) groups is 1. The third kappa shape index (κ3) is 2.78. The number of benzene rings is 2. The van der Waals surface area contributed by atoms with Crippen molar-refractivity contribution >= 4 is 39.1 Å². The molecule has 1 aliphatic heterocycles. The Kier molecular flexibility index (Phi) is 4.25. The number of rotatable bonds is 3. The van der Waals surface area contributed by atoms with Gasteiger partial charge in [-0.15, -0.1) is 11.8 Å². The maximum Gasteiger partial charge on any atom is 0.264 e. The largest absolute Gasteiger partial charge is 0.497 e. The highest BCUT2D eigenvalue weighted by Crippen LogP contribution is 2.39. The molecule has 116 valence electrons. The fourth-order valence-corrected chi connectivity index (χ4v) is 5.22. The molecule has 0 N–H and O–H groups in total. The minimum atomic E-state index is -3.59. The van der Waals surface area contributed by atoms with E-state index in [1.54, 1.807) is 61.3 Å². The summed E-state index contributed by atoms with van der Waals surface area (Å²) in [6.45, 7) is 0.438. The van der Waals surface area contributed by atoms with Crippen LogP contribution in [-0.4, -0.2) is 27.8 Å². The lowest BCUT2D eigenvalue weighted by Crippen LogP contribution is -2.35. The van der Waals surface area contributed by atoms with Gasteiger partial charge in [-0.05, 0) is 42.5 Å². The average Bonchev–Trinajstić information content (AvgIpc) is 2.54. The molecule has 4 nitrogen and oxygen atoms in total. The van der Waals surface area contributed by atoms with Gasteiger partial charge in [-0.2, -0.15) is 0 Å². The van der Waals surface area contributed by atoms with E-state index in [9.17, 15) is 8.42 Å². The third-order valence-corrected chi connectivity index (χ3v) is 6.48. The number of ether oxygens (including phenoxy) is 1. The lowest BCUT2D eigenvalue weighted by Gasteiger charge is -2.30. The van der Waals surface area contributed by atoms with Crippen LogP contribution in [0.1, 0.15) is 0 Å². The zero-order valence-electron chi connectivity index (χ0n) is 11.8. The molecule has 0 saturated heterocycles. The van der Waals surface area contributed by atoms with E-state index in [0.29, 0.717) is 28.8 Å². The molecule has 0 radical (unpaired) electrons. The van der Waals surface area contributed by atoms with Crippen LogP contribution in [0.25, 0.3) is 0 Å². The zero-order chi connectivity index (χ0) is 15.7. The van der Waals surface area contributed by atoms with Crippen LogP contribution >= 0.6 is 23.4 Å². The maximum absolute atomic E-state index is 12.9. The predicted molar refractivity (Wildman–Crippen MR) is 89.7 cm³/mol. The van der Waals surface area contributed by atoms with Crippen molar-refractivity contribution in [1.29, 1.82) is 0 Å². The molecule has 2 aromatic rings. The van der Waals surface area contributed by atoms with Crippen LogP contribution < -0.4 is 9.04 Å². The molecule has 22 heavy (non-hydrogen) atoms. The van der Waals surface area contributed by atoms with E-state index in [1.807, 2.05) is 0 Å². The van der Waals surface area contributed by atoms with Gasteiger partial charge in [0.05, 0.1) is 17.7 Å². The van der Waals surface area contributed by atoms with E-state index in [4.69, 9.17) is 16.3 Å². The molecular weight excluding hydrogens is 342 g/mol. The van der Waals surface area contributed by atoms with Gasteiger partial charge in [0.1, 0.15) is 5.75 Å². The van der Waals surface area contributed by atoms with Gasteiger partial charge in [0.15, 0.2) is 0 Å². The molecule has 0 spiro atoms. The van der Waals surface area contributed by atoms with E-state index < -0.39 is 10.0 Å². The second-order valence-corrected chi connectivity index (χ2v) is 8.15. The van der Waals surface area contributed by atoms with Crippen LogP contribution in [0, 0.1) is 0 Å². The van der Waals surface area contributed by atoms with Gasteiger partial charge in [0, 0.05) is 22.2 Å². The summed E-state index contributed by atoms with van der Waals surface area (Å²) in [6.07, 6.45) is 0. The number of anilines is 1. The summed E-state index contributed by atoms with van der Waals surface area (Å²) in [5, 5.41) is 0.606. The van der Waals surface area contributed by atoms with Gasteiger partial charge >= 0.3 is 0 Å². The van der Waals surface area contributed by atoms with Crippen molar-refractivity contribution < 1.29 is 13.2 Å². The fourth-order valence-electron chi connectivity index (χ4n) is 2.29. The van der Waals surface area contributed by atoms with E-state index in [0.717, 1.165) is 4.90 Å². The summed E-state index contributed by atoms with van der Waals surface area (Å²) in [7, 11) is -2.04. The molecule has 3 rings (SSSR count). The molecule has 0 bridgehead atoms. The highest BCUT2D eigenvalue weighted by Gasteiger charge is 2.29. The van der Waals surface area contributed by atoms with Crippen LogP contribution in [0.4, 0.5) is 5.69 Å². The Hall–Kier alpha value is -1.37. The minimum Gasteiger partial charge on any atom is -0.497 e. The smallest absolute Gasteiger partial charge is 0.264 e. The Morgan fingerprint density at radius 3 is 2.59 bits per heavy atom. The molecule has 0 saturated carbocycles. The first-order chi connectivity index (χ1) is 10.5. The Bertz CT molecular complexity index is 791. The second-order valence-electron chi connectivity index (χ2n) is 4.71. The monoisotopic (exact) mass is 355 g/mol. The Morgan fingerprint density at radius 2 is 1.91 bits per heavy atom. The molecule has 1 heterocycles. The topological polar surface area (TPSA) is 46.6 Å². The molecule has 0 fully saturated rings. The first kappa shape index (κ1) is 15.5. The number of hydrogen-bond donors (Lipinski definition) is 0. The summed E-state index contributed by atoms with van der Waals surface area (Å²) < 4.78 is 32.3. The first-order valence-electron chi connectivity index (χ1n) is 6.61. The Balaban J connectivity index is 2.03. The predicted octanol–water partition coefficient (Wildman–Crippen LogP) is 3.65. The van der Waals surface area contributed by atoms with Gasteiger partial charge in [-0.3, -0.25) is 4.31 Å². The summed E-state index contributed by atoms with van der Waals surface area (Å²) in [6, 6.07) is 11.7. The van der Waals surface area contributed by atoms with Crippen molar-refractivity contribution in [2.45, 2.75) is 9.79 Å². The van der Waals surface area contributed by atoms with Gasteiger partial charge < -0.3 is 4.74 Å². The number of nitrogens with zero attached hydrogens (tertiary/aromatic N) is 1. The second kappa shape index (κ2) is 6.02. The summed E-state index contributed by atoms with van der Waals surface area (Å²) in [4.78, 5) is 1.14. The normalized spacial score (nSPS) is 14.5. The highest BCUT2D eigenvalue weighted by molar-refractivity contribution is 8.00. The van der Waals surface area contributed by atoms with Crippen molar-refractivity contribution in [2.75, 3.05) is 23.7 Å². The minimum absolute atomic E-state index is 0.251. The number of methoxy groups -OCH3 is 1. The average molecular weight is 356 g/mol. The van der Waals surface area contributed by atoms with E-state index >= 15 is 0 Å².